The van der Waals surface area contributed by atoms with Crippen molar-refractivity contribution in [2.45, 2.75) is 26.3 Å². The largest absolute Gasteiger partial charge is 0.494 e. The van der Waals surface area contributed by atoms with Crippen molar-refractivity contribution in [3.63, 3.8) is 0 Å². The highest BCUT2D eigenvalue weighted by Crippen LogP contribution is 2.31. The number of nitriles is 1. The molecule has 1 fully saturated rings. The maximum absolute atomic E-state index is 13.1. The van der Waals surface area contributed by atoms with E-state index in [0.29, 0.717) is 23.5 Å². The van der Waals surface area contributed by atoms with Gasteiger partial charge in [-0.15, -0.1) is 0 Å². The first-order chi connectivity index (χ1) is 13.3. The molecular formula is C20H20N2O5S. The molecule has 2 aliphatic heterocycles. The third kappa shape index (κ3) is 3.71. The van der Waals surface area contributed by atoms with E-state index in [4.69, 9.17) is 4.74 Å². The van der Waals surface area contributed by atoms with Crippen LogP contribution in [0.3, 0.4) is 0 Å². The summed E-state index contributed by atoms with van der Waals surface area (Å²) >= 11 is 0. The van der Waals surface area contributed by atoms with Crippen molar-refractivity contribution in [1.82, 2.24) is 4.90 Å². The zero-order valence-corrected chi connectivity index (χ0v) is 16.5. The van der Waals surface area contributed by atoms with Gasteiger partial charge in [-0.25, -0.2) is 8.42 Å². The summed E-state index contributed by atoms with van der Waals surface area (Å²) in [6.07, 6.45) is 1.79. The summed E-state index contributed by atoms with van der Waals surface area (Å²) in [6, 6.07) is 8.19. The summed E-state index contributed by atoms with van der Waals surface area (Å²) in [4.78, 5) is 26.7. The second-order valence-corrected chi connectivity index (χ2v) is 8.94. The molecule has 2 aliphatic rings. The van der Waals surface area contributed by atoms with Gasteiger partial charge < -0.3 is 4.74 Å². The second kappa shape index (κ2) is 7.60. The zero-order chi connectivity index (χ0) is 20.5. The van der Waals surface area contributed by atoms with E-state index in [1.807, 2.05) is 13.0 Å². The summed E-state index contributed by atoms with van der Waals surface area (Å²) < 4.78 is 29.0. The number of carbonyl (C=O) groups is 2. The van der Waals surface area contributed by atoms with Gasteiger partial charge >= 0.3 is 0 Å². The fourth-order valence-corrected chi connectivity index (χ4v) is 5.10. The number of hydrogen-bond donors (Lipinski definition) is 0. The molecule has 1 aromatic rings. The first kappa shape index (κ1) is 19.8. The molecule has 28 heavy (non-hydrogen) atoms. The minimum Gasteiger partial charge on any atom is -0.494 e. The summed E-state index contributed by atoms with van der Waals surface area (Å²) in [5.41, 5.74) is 1.07. The Hall–Kier alpha value is -2.92. The Morgan fingerprint density at radius 3 is 2.46 bits per heavy atom. The Morgan fingerprint density at radius 1 is 1.25 bits per heavy atom. The summed E-state index contributed by atoms with van der Waals surface area (Å²) in [7, 11) is -3.29. The molecule has 0 aliphatic carbocycles. The number of sulfone groups is 1. The lowest BCUT2D eigenvalue weighted by atomic mass is 9.92. The van der Waals surface area contributed by atoms with Crippen LogP contribution in [0.4, 0.5) is 0 Å². The fourth-order valence-electron chi connectivity index (χ4n) is 3.40. The van der Waals surface area contributed by atoms with Crippen molar-refractivity contribution < 1.29 is 22.7 Å². The molecule has 0 saturated carbocycles. The number of carbonyl (C=O) groups excluding carboxylic acids is 2. The average Bonchev–Trinajstić information content (AvgIpc) is 3.00. The van der Waals surface area contributed by atoms with E-state index in [0.717, 1.165) is 4.90 Å². The van der Waals surface area contributed by atoms with Crippen LogP contribution in [0.15, 0.2) is 41.0 Å². The van der Waals surface area contributed by atoms with Crippen molar-refractivity contribution in [3.05, 3.63) is 46.5 Å². The van der Waals surface area contributed by atoms with Gasteiger partial charge in [-0.05, 0) is 49.6 Å². The zero-order valence-electron chi connectivity index (χ0n) is 15.6. The van der Waals surface area contributed by atoms with Gasteiger partial charge in [0, 0.05) is 5.57 Å². The molecule has 1 saturated heterocycles. The summed E-state index contributed by atoms with van der Waals surface area (Å²) in [5.74, 6) is -0.943. The number of nitrogens with zero attached hydrogens (tertiary/aromatic N) is 2. The first-order valence-electron chi connectivity index (χ1n) is 8.91. The SMILES string of the molecule is CCOc1ccc(/C=C2\C(=O)N(C3CCS(=O)(=O)C3)C(=O)C(C#N)=C2C)cc1. The van der Waals surface area contributed by atoms with Crippen LogP contribution in [0.25, 0.3) is 6.08 Å². The molecule has 1 atom stereocenters. The minimum absolute atomic E-state index is 0.0722. The third-order valence-electron chi connectivity index (χ3n) is 4.85. The maximum atomic E-state index is 13.1. The highest BCUT2D eigenvalue weighted by molar-refractivity contribution is 7.91. The Balaban J connectivity index is 2.02. The lowest BCUT2D eigenvalue weighted by Gasteiger charge is -2.31. The van der Waals surface area contributed by atoms with Crippen molar-refractivity contribution in [3.8, 4) is 11.8 Å². The van der Waals surface area contributed by atoms with Gasteiger partial charge in [0.15, 0.2) is 9.84 Å². The topological polar surface area (TPSA) is 105 Å². The molecular weight excluding hydrogens is 380 g/mol. The molecule has 7 nitrogen and oxygen atoms in total. The Kier molecular flexibility index (Phi) is 5.38. The first-order valence-corrected chi connectivity index (χ1v) is 10.7. The van der Waals surface area contributed by atoms with E-state index in [2.05, 4.69) is 0 Å². The van der Waals surface area contributed by atoms with Crippen LogP contribution < -0.4 is 4.74 Å². The number of rotatable bonds is 4. The molecule has 2 amide bonds. The van der Waals surface area contributed by atoms with Crippen molar-refractivity contribution in [2.75, 3.05) is 18.1 Å². The molecule has 0 N–H and O–H groups in total. The molecule has 8 heteroatoms. The third-order valence-corrected chi connectivity index (χ3v) is 6.60. The van der Waals surface area contributed by atoms with E-state index < -0.39 is 27.7 Å². The predicted molar refractivity (Wildman–Crippen MR) is 103 cm³/mol. The molecule has 146 valence electrons. The van der Waals surface area contributed by atoms with Crippen LogP contribution in [0.2, 0.25) is 0 Å². The van der Waals surface area contributed by atoms with Crippen LogP contribution in [-0.2, 0) is 19.4 Å². The van der Waals surface area contributed by atoms with Crippen molar-refractivity contribution in [2.24, 2.45) is 0 Å². The van der Waals surface area contributed by atoms with Gasteiger partial charge in [0.1, 0.15) is 17.4 Å². The number of ether oxygens (including phenoxy) is 1. The van der Waals surface area contributed by atoms with Crippen LogP contribution in [-0.4, -0.2) is 49.3 Å². The minimum atomic E-state index is -3.29. The lowest BCUT2D eigenvalue weighted by molar-refractivity contribution is -0.142. The van der Waals surface area contributed by atoms with E-state index in [1.54, 1.807) is 37.3 Å². The van der Waals surface area contributed by atoms with Crippen molar-refractivity contribution in [1.29, 1.82) is 5.26 Å². The smallest absolute Gasteiger partial charge is 0.271 e. The quantitative estimate of drug-likeness (QED) is 0.564. The molecule has 0 aromatic heterocycles. The fraction of sp³-hybridized carbons (Fsp3) is 0.350. The summed E-state index contributed by atoms with van der Waals surface area (Å²) in [5, 5.41) is 9.43. The van der Waals surface area contributed by atoms with Crippen molar-refractivity contribution >= 4 is 27.7 Å². The Labute approximate surface area is 163 Å². The van der Waals surface area contributed by atoms with Gasteiger partial charge in [0.2, 0.25) is 0 Å². The van der Waals surface area contributed by atoms with E-state index in [-0.39, 0.29) is 29.1 Å². The maximum Gasteiger partial charge on any atom is 0.271 e. The molecule has 2 heterocycles. The predicted octanol–water partition coefficient (Wildman–Crippen LogP) is 1.86. The van der Waals surface area contributed by atoms with Crippen LogP contribution >= 0.6 is 0 Å². The lowest BCUT2D eigenvalue weighted by Crippen LogP contribution is -2.49. The standard InChI is InChI=1S/C20H20N2O5S/c1-3-27-16-6-4-14(5-7-16)10-17-13(2)18(11-21)20(24)22(19(17)23)15-8-9-28(25,26)12-15/h4-7,10,15H,3,8-9,12H2,1-2H3/b17-10-. The average molecular weight is 400 g/mol. The van der Waals surface area contributed by atoms with Gasteiger partial charge in [-0.2, -0.15) is 5.26 Å². The summed E-state index contributed by atoms with van der Waals surface area (Å²) in [6.45, 7) is 3.97. The highest BCUT2D eigenvalue weighted by Gasteiger charge is 2.43. The van der Waals surface area contributed by atoms with Crippen LogP contribution in [0.1, 0.15) is 25.8 Å². The highest BCUT2D eigenvalue weighted by atomic mass is 32.2. The molecule has 3 rings (SSSR count). The molecule has 0 spiro atoms. The van der Waals surface area contributed by atoms with E-state index >= 15 is 0 Å². The molecule has 0 radical (unpaired) electrons. The van der Waals surface area contributed by atoms with Gasteiger partial charge in [0.25, 0.3) is 11.8 Å². The molecule has 1 aromatic carbocycles. The normalized spacial score (nSPS) is 23.2. The van der Waals surface area contributed by atoms with E-state index in [9.17, 15) is 23.3 Å². The van der Waals surface area contributed by atoms with Crippen LogP contribution in [0.5, 0.6) is 5.75 Å². The van der Waals surface area contributed by atoms with Gasteiger partial charge in [-0.1, -0.05) is 12.1 Å². The number of imide groups is 1. The monoisotopic (exact) mass is 400 g/mol. The second-order valence-electron chi connectivity index (χ2n) is 6.71. The van der Waals surface area contributed by atoms with E-state index in [1.165, 1.54) is 0 Å². The number of amides is 2. The van der Waals surface area contributed by atoms with Gasteiger partial charge in [-0.3, -0.25) is 14.5 Å². The molecule has 1 unspecified atom stereocenters. The Morgan fingerprint density at radius 2 is 1.93 bits per heavy atom. The molecule has 0 bridgehead atoms. The number of hydrogen-bond acceptors (Lipinski definition) is 6. The van der Waals surface area contributed by atoms with Crippen LogP contribution in [0, 0.1) is 11.3 Å². The Bertz CT molecular complexity index is 1030. The van der Waals surface area contributed by atoms with Gasteiger partial charge in [0.05, 0.1) is 24.2 Å². The number of benzene rings is 1.